The minimum absolute atomic E-state index is 0.0193. The molecule has 0 fully saturated rings. The van der Waals surface area contributed by atoms with Crippen LogP contribution >= 0.6 is 11.3 Å². The van der Waals surface area contributed by atoms with Gasteiger partial charge >= 0.3 is 6.18 Å². The Morgan fingerprint density at radius 3 is 1.10 bits per heavy atom. The van der Waals surface area contributed by atoms with Crippen LogP contribution in [-0.4, -0.2) is 46.5 Å². The fourth-order valence-electron chi connectivity index (χ4n) is 14.0. The highest BCUT2D eigenvalue weighted by Gasteiger charge is 2.30. The number of alkyl halides is 3. The maximum Gasteiger partial charge on any atom is 0.416 e. The van der Waals surface area contributed by atoms with E-state index in [0.29, 0.717) is 34.8 Å². The van der Waals surface area contributed by atoms with Crippen molar-refractivity contribution in [2.45, 2.75) is 26.6 Å². The molecule has 0 bridgehead atoms. The van der Waals surface area contributed by atoms with Crippen LogP contribution < -0.4 is 36.3 Å². The molecule has 11 aromatic carbocycles. The smallest absolute Gasteiger partial charge is 0.380 e. The first-order chi connectivity index (χ1) is 62.5. The molecular weight excluding hydrogens is 1630 g/mol. The Bertz CT molecular complexity index is 6820. The van der Waals surface area contributed by atoms with Gasteiger partial charge in [0.25, 0.3) is 16.7 Å². The number of aromatic nitrogens is 3. The van der Waals surface area contributed by atoms with Gasteiger partial charge in [0.1, 0.15) is 0 Å². The maximum atomic E-state index is 12.7. The van der Waals surface area contributed by atoms with Crippen LogP contribution in [0.1, 0.15) is 61.7 Å². The number of pyridine rings is 3. The molecule has 0 unspecified atom stereocenters. The van der Waals surface area contributed by atoms with E-state index in [-0.39, 0.29) is 28.2 Å². The van der Waals surface area contributed by atoms with Crippen LogP contribution in [-0.2, 0) is 17.5 Å². The average Bonchev–Trinajstić information content (AvgIpc) is 1.79. The summed E-state index contributed by atoms with van der Waals surface area (Å²) in [7, 11) is 5.64. The molecule has 0 spiro atoms. The Morgan fingerprint density at radius 1 is 0.349 bits per heavy atom. The molecule has 18 rings (SSSR count). The van der Waals surface area contributed by atoms with Crippen molar-refractivity contribution in [2.75, 3.05) is 40.8 Å². The number of nitrogens with zero attached hydrogens (tertiary/aromatic N) is 7. The van der Waals surface area contributed by atoms with Crippen molar-refractivity contribution in [1.82, 2.24) is 13.7 Å². The number of benzene rings is 11. The molecule has 0 saturated heterocycles. The number of anilines is 4. The number of hydrogen-bond acceptors (Lipinski definition) is 11. The third-order valence-corrected chi connectivity index (χ3v) is 21.8. The van der Waals surface area contributed by atoms with Crippen LogP contribution in [0.2, 0.25) is 0 Å². The molecule has 13 nitrogen and oxygen atoms in total. The number of allylic oxidation sites excluding steroid dienone is 9. The summed E-state index contributed by atoms with van der Waals surface area (Å²) in [6, 6.07) is 110. The van der Waals surface area contributed by atoms with Crippen LogP contribution in [0, 0.1) is 0 Å². The summed E-state index contributed by atoms with van der Waals surface area (Å²) in [5.74, 6) is 0.0542. The average molecular weight is 1720 g/mol. The zero-order chi connectivity index (χ0) is 90.8. The van der Waals surface area contributed by atoms with E-state index in [9.17, 15) is 37.1 Å². The molecule has 3 aliphatic rings. The third kappa shape index (κ3) is 24.3. The minimum Gasteiger partial charge on any atom is -0.380 e. The number of methoxy groups -OCH3 is 1. The molecule has 0 aliphatic carbocycles. The molecule has 640 valence electrons. The van der Waals surface area contributed by atoms with Crippen LogP contribution in [0.5, 0.6) is 0 Å². The molecule has 0 atom stereocenters. The Kier molecular flexibility index (Phi) is 30.6. The van der Waals surface area contributed by atoms with Gasteiger partial charge in [0.2, 0.25) is 0 Å². The van der Waals surface area contributed by atoms with Crippen LogP contribution in [0.15, 0.2) is 482 Å². The number of carbonyl (C=O) groups is 2. The summed E-state index contributed by atoms with van der Waals surface area (Å²) in [4.78, 5) is 68.7. The number of carbonyl (C=O) groups excluding carboxylic acids is 2. The number of rotatable bonds is 17. The summed E-state index contributed by atoms with van der Waals surface area (Å²) >= 11 is 1.75. The van der Waals surface area contributed by atoms with Crippen molar-refractivity contribution in [3.05, 3.63) is 537 Å². The van der Waals surface area contributed by atoms with Gasteiger partial charge in [0, 0.05) is 149 Å². The lowest BCUT2D eigenvalue weighted by molar-refractivity contribution is -0.137. The van der Waals surface area contributed by atoms with Gasteiger partial charge in [-0.25, -0.2) is 0 Å². The van der Waals surface area contributed by atoms with Gasteiger partial charge in [-0.2, -0.15) is 13.2 Å². The van der Waals surface area contributed by atoms with E-state index in [2.05, 4.69) is 97.0 Å². The van der Waals surface area contributed by atoms with E-state index >= 15 is 0 Å². The predicted molar refractivity (Wildman–Crippen MR) is 525 cm³/mol. The summed E-state index contributed by atoms with van der Waals surface area (Å²) < 4.78 is 48.1. The van der Waals surface area contributed by atoms with Crippen molar-refractivity contribution < 1.29 is 27.5 Å². The van der Waals surface area contributed by atoms with Crippen molar-refractivity contribution in [3.63, 3.8) is 0 Å². The number of halogens is 3. The Labute approximate surface area is 753 Å². The quantitative estimate of drug-likeness (QED) is 0.0815. The van der Waals surface area contributed by atoms with Gasteiger partial charge < -0.3 is 24.3 Å². The first kappa shape index (κ1) is 90.6. The topological polar surface area (TPSA) is 122 Å². The first-order valence-electron chi connectivity index (χ1n) is 41.5. The van der Waals surface area contributed by atoms with Crippen molar-refractivity contribution in [1.29, 1.82) is 0 Å². The molecule has 0 amide bonds. The fraction of sp³-hybridized carbons (Fsp3) is 0.0625. The Balaban J connectivity index is 0.000000132. The highest BCUT2D eigenvalue weighted by molar-refractivity contribution is 7.11. The monoisotopic (exact) mass is 1720 g/mol. The zero-order valence-electron chi connectivity index (χ0n) is 71.9. The van der Waals surface area contributed by atoms with Crippen molar-refractivity contribution in [2.24, 2.45) is 0 Å². The number of ether oxygens (including phenoxy) is 1. The number of para-hydroxylation sites is 1. The van der Waals surface area contributed by atoms with Crippen LogP contribution in [0.4, 0.5) is 35.9 Å². The second-order valence-corrected chi connectivity index (χ2v) is 31.1. The standard InChI is InChI=1S/C20H17NO.C19H14F3N.C19H18N2O.C19H17NO2.C19H15NO2.C16H13NS/c1-15-8-9-19(18-6-4-3-5-7-18)14-21(15)20-12-10-17(11-13-20)16(2)22;1-14-7-8-16(15-5-3-2-4-6-15)13-23(14)18-11-9-17(10-12-18)19(20,21)22;1-20(2)17-9-6-10-18(13-17)21-14-16(11-12-19(21)22)15-7-4-3-5-8-15;1-22-14-15-6-5-9-18(12-15)20-13-17(10-11-19(20)21)16-7-3-2-4-8-16;1-14(21)16-8-5-9-18(12-16)20-13-17(10-11-19(20)22)15-6-3-2-4-7-15;1-13-9-10-14(16-8-5-11-18-16)12-17(13)15-6-3-2-4-7-15/h3-14H,1H2,2H3;2-13H,1H2;3-14H,1-2H3;2-13H,14H2,1H3;2-13H,1H3;2-12H,1H2. The van der Waals surface area contributed by atoms with Gasteiger partial charge in [0.05, 0.1) is 17.9 Å². The normalized spacial score (nSPS) is 12.4. The molecule has 7 heterocycles. The molecule has 0 radical (unpaired) electrons. The highest BCUT2D eigenvalue weighted by Crippen LogP contribution is 2.36. The molecule has 4 aromatic heterocycles. The molecule has 17 heteroatoms. The lowest BCUT2D eigenvalue weighted by Gasteiger charge is -2.25. The highest BCUT2D eigenvalue weighted by atomic mass is 32.1. The number of Topliss-reactive ketones (excluding diaryl/α,β-unsaturated/α-hetero) is 2. The third-order valence-electron chi connectivity index (χ3n) is 20.9. The molecule has 3 aliphatic heterocycles. The zero-order valence-corrected chi connectivity index (χ0v) is 72.8. The minimum atomic E-state index is -4.33. The molecule has 0 N–H and O–H groups in total. The van der Waals surface area contributed by atoms with Crippen molar-refractivity contribution in [3.8, 4) is 50.4 Å². The molecule has 129 heavy (non-hydrogen) atoms. The lowest BCUT2D eigenvalue weighted by atomic mass is 10.0. The number of thiophene rings is 1. The van der Waals surface area contributed by atoms with Gasteiger partial charge in [-0.1, -0.05) is 244 Å². The maximum absolute atomic E-state index is 12.7. The molecule has 0 saturated carbocycles. The van der Waals surface area contributed by atoms with Crippen LogP contribution in [0.3, 0.4) is 0 Å². The fourth-order valence-corrected chi connectivity index (χ4v) is 14.7. The van der Waals surface area contributed by atoms with Gasteiger partial charge in [0.15, 0.2) is 11.6 Å². The number of ketones is 2. The molecule has 15 aromatic rings. The van der Waals surface area contributed by atoms with E-state index in [1.807, 2.05) is 316 Å². The van der Waals surface area contributed by atoms with Gasteiger partial charge in [-0.15, -0.1) is 11.3 Å². The summed E-state index contributed by atoms with van der Waals surface area (Å²) in [5, 5.41) is 2.10. The number of hydrogen-bond donors (Lipinski definition) is 0. The van der Waals surface area contributed by atoms with E-state index in [1.165, 1.54) is 29.5 Å². The predicted octanol–water partition coefficient (Wildman–Crippen LogP) is 26.1. The van der Waals surface area contributed by atoms with Gasteiger partial charge in [-0.3, -0.25) is 37.7 Å². The van der Waals surface area contributed by atoms with E-state index < -0.39 is 11.7 Å². The second-order valence-electron chi connectivity index (χ2n) is 30.1. The Morgan fingerprint density at radius 2 is 0.705 bits per heavy atom. The second kappa shape index (κ2) is 43.5. The Hall–Kier alpha value is -16.1. The van der Waals surface area contributed by atoms with E-state index in [0.717, 1.165) is 113 Å². The van der Waals surface area contributed by atoms with Gasteiger partial charge in [-0.05, 0) is 226 Å². The summed E-state index contributed by atoms with van der Waals surface area (Å²) in [6.07, 6.45) is 19.4. The largest absolute Gasteiger partial charge is 0.416 e. The summed E-state index contributed by atoms with van der Waals surface area (Å²) in [5.41, 5.74) is 22.0. The molecular formula is C112H94F3N7O6S. The van der Waals surface area contributed by atoms with E-state index in [1.54, 1.807) is 86.6 Å². The lowest BCUT2D eigenvalue weighted by Crippen LogP contribution is -2.17. The van der Waals surface area contributed by atoms with E-state index in [4.69, 9.17) is 4.74 Å². The SMILES string of the molecule is C=C1C=CC(c2ccccc2)=CN1c1ccc(C(C)=O)cc1.C=C1C=CC(c2ccccc2)=CN1c1ccc(C(F)(F)F)cc1.C=C1C=CC(c2cccs2)=CN1c1ccccc1.CC(=O)c1cccc(-n2cc(-c3ccccc3)ccc2=O)c1.CN(C)c1cccc(-n2cc(-c3ccccc3)ccc2=O)c1.COCc1cccc(-n2cc(-c3ccccc3)ccc2=O)c1. The van der Waals surface area contributed by atoms with Crippen LogP contribution in [0.25, 0.3) is 67.2 Å². The first-order valence-corrected chi connectivity index (χ1v) is 42.3. The summed E-state index contributed by atoms with van der Waals surface area (Å²) in [6.45, 7) is 15.7. The van der Waals surface area contributed by atoms with Crippen molar-refractivity contribution >= 4 is 62.4 Å².